The SMILES string of the molecule is CNC(=O)[C@@H]1CN(C(C)C)CCN1Cc1nccn1C. The van der Waals surface area contributed by atoms with Gasteiger partial charge >= 0.3 is 0 Å². The Morgan fingerprint density at radius 1 is 1.50 bits per heavy atom. The van der Waals surface area contributed by atoms with E-state index < -0.39 is 0 Å². The van der Waals surface area contributed by atoms with Crippen LogP contribution in [-0.2, 0) is 18.4 Å². The molecule has 0 saturated carbocycles. The van der Waals surface area contributed by atoms with E-state index in [0.29, 0.717) is 12.6 Å². The molecule has 1 aromatic heterocycles. The fourth-order valence-corrected chi connectivity index (χ4v) is 2.65. The third-order valence-corrected chi connectivity index (χ3v) is 4.07. The van der Waals surface area contributed by atoms with Gasteiger partial charge < -0.3 is 9.88 Å². The van der Waals surface area contributed by atoms with Crippen molar-refractivity contribution in [1.82, 2.24) is 24.7 Å². The highest BCUT2D eigenvalue weighted by atomic mass is 16.2. The highest BCUT2D eigenvalue weighted by molar-refractivity contribution is 5.81. The van der Waals surface area contributed by atoms with Crippen LogP contribution in [0.25, 0.3) is 0 Å². The molecular weight excluding hydrogens is 254 g/mol. The zero-order valence-corrected chi connectivity index (χ0v) is 12.8. The molecule has 0 radical (unpaired) electrons. The van der Waals surface area contributed by atoms with Crippen LogP contribution in [0.5, 0.6) is 0 Å². The van der Waals surface area contributed by atoms with Gasteiger partial charge in [-0.05, 0) is 13.8 Å². The van der Waals surface area contributed by atoms with Crippen molar-refractivity contribution in [3.8, 4) is 0 Å². The first kappa shape index (κ1) is 15.0. The number of aryl methyl sites for hydroxylation is 1. The number of hydrogen-bond acceptors (Lipinski definition) is 4. The number of carbonyl (C=O) groups is 1. The Morgan fingerprint density at radius 3 is 2.80 bits per heavy atom. The van der Waals surface area contributed by atoms with Crippen molar-refractivity contribution in [2.24, 2.45) is 7.05 Å². The van der Waals surface area contributed by atoms with Crippen molar-refractivity contribution in [3.05, 3.63) is 18.2 Å². The molecule has 0 aliphatic carbocycles. The summed E-state index contributed by atoms with van der Waals surface area (Å²) in [7, 11) is 3.69. The quantitative estimate of drug-likeness (QED) is 0.847. The maximum absolute atomic E-state index is 12.2. The van der Waals surface area contributed by atoms with Gasteiger partial charge in [0.15, 0.2) is 0 Å². The number of amides is 1. The molecule has 2 rings (SSSR count). The summed E-state index contributed by atoms with van der Waals surface area (Å²) < 4.78 is 2.01. The largest absolute Gasteiger partial charge is 0.358 e. The fraction of sp³-hybridized carbons (Fsp3) is 0.714. The number of piperazine rings is 1. The number of carbonyl (C=O) groups excluding carboxylic acids is 1. The van der Waals surface area contributed by atoms with Crippen LogP contribution in [0.4, 0.5) is 0 Å². The second-order valence-electron chi connectivity index (χ2n) is 5.64. The van der Waals surface area contributed by atoms with Crippen molar-refractivity contribution in [3.63, 3.8) is 0 Å². The van der Waals surface area contributed by atoms with Crippen LogP contribution < -0.4 is 5.32 Å². The minimum Gasteiger partial charge on any atom is -0.358 e. The summed E-state index contributed by atoms with van der Waals surface area (Å²) in [4.78, 5) is 21.1. The molecular formula is C14H25N5O. The van der Waals surface area contributed by atoms with E-state index in [9.17, 15) is 4.79 Å². The third-order valence-electron chi connectivity index (χ3n) is 4.07. The molecule has 1 aliphatic rings. The van der Waals surface area contributed by atoms with Gasteiger partial charge in [-0.2, -0.15) is 0 Å². The molecule has 1 amide bonds. The monoisotopic (exact) mass is 279 g/mol. The number of nitrogens with zero attached hydrogens (tertiary/aromatic N) is 4. The Kier molecular flexibility index (Phi) is 4.77. The van der Waals surface area contributed by atoms with Gasteiger partial charge in [0.25, 0.3) is 0 Å². The van der Waals surface area contributed by atoms with Crippen LogP contribution >= 0.6 is 0 Å². The van der Waals surface area contributed by atoms with E-state index in [4.69, 9.17) is 0 Å². The van der Waals surface area contributed by atoms with E-state index in [1.54, 1.807) is 13.2 Å². The normalized spacial score (nSPS) is 21.4. The van der Waals surface area contributed by atoms with E-state index in [0.717, 1.165) is 25.5 Å². The van der Waals surface area contributed by atoms with Crippen molar-refractivity contribution in [2.75, 3.05) is 26.7 Å². The lowest BCUT2D eigenvalue weighted by atomic mass is 10.1. The van der Waals surface area contributed by atoms with Crippen molar-refractivity contribution < 1.29 is 4.79 Å². The molecule has 1 aromatic rings. The minimum atomic E-state index is -0.104. The molecule has 0 aromatic carbocycles. The Bertz CT molecular complexity index is 456. The number of likely N-dealkylation sites (N-methyl/N-ethyl adjacent to an activating group) is 1. The van der Waals surface area contributed by atoms with Gasteiger partial charge in [0.1, 0.15) is 11.9 Å². The van der Waals surface area contributed by atoms with Crippen LogP contribution in [0.3, 0.4) is 0 Å². The van der Waals surface area contributed by atoms with Gasteiger partial charge in [-0.3, -0.25) is 14.6 Å². The Morgan fingerprint density at radius 2 is 2.25 bits per heavy atom. The average molecular weight is 279 g/mol. The Balaban J connectivity index is 2.10. The topological polar surface area (TPSA) is 53.4 Å². The standard InChI is InChI=1S/C14H25N5O/c1-11(2)18-7-8-19(12(9-18)14(20)15-3)10-13-16-5-6-17(13)4/h5-6,11-12H,7-10H2,1-4H3,(H,15,20)/t12-/m0/s1. The van der Waals surface area contributed by atoms with Gasteiger partial charge in [-0.15, -0.1) is 0 Å². The molecule has 6 nitrogen and oxygen atoms in total. The molecule has 0 spiro atoms. The number of hydrogen-bond donors (Lipinski definition) is 1. The predicted molar refractivity (Wildman–Crippen MR) is 78.2 cm³/mol. The van der Waals surface area contributed by atoms with Crippen LogP contribution in [-0.4, -0.2) is 64.0 Å². The number of imidazole rings is 1. The number of nitrogens with one attached hydrogen (secondary N) is 1. The summed E-state index contributed by atoms with van der Waals surface area (Å²) >= 11 is 0. The van der Waals surface area contributed by atoms with E-state index >= 15 is 0 Å². The summed E-state index contributed by atoms with van der Waals surface area (Å²) in [5.41, 5.74) is 0. The van der Waals surface area contributed by atoms with E-state index in [-0.39, 0.29) is 11.9 Å². The maximum Gasteiger partial charge on any atom is 0.238 e. The minimum absolute atomic E-state index is 0.0876. The summed E-state index contributed by atoms with van der Waals surface area (Å²) in [5, 5.41) is 2.78. The second kappa shape index (κ2) is 6.37. The van der Waals surface area contributed by atoms with E-state index in [1.807, 2.05) is 17.8 Å². The van der Waals surface area contributed by atoms with Crippen molar-refractivity contribution >= 4 is 5.91 Å². The Labute approximate surface area is 120 Å². The van der Waals surface area contributed by atoms with Crippen LogP contribution in [0, 0.1) is 0 Å². The third kappa shape index (κ3) is 3.19. The smallest absolute Gasteiger partial charge is 0.238 e. The average Bonchev–Trinajstić information content (AvgIpc) is 2.83. The Hall–Kier alpha value is -1.40. The summed E-state index contributed by atoms with van der Waals surface area (Å²) in [6.07, 6.45) is 3.74. The van der Waals surface area contributed by atoms with Crippen LogP contribution in [0.15, 0.2) is 12.4 Å². The van der Waals surface area contributed by atoms with Crippen LogP contribution in [0.1, 0.15) is 19.7 Å². The molecule has 1 N–H and O–H groups in total. The van der Waals surface area contributed by atoms with Crippen molar-refractivity contribution in [2.45, 2.75) is 32.5 Å². The summed E-state index contributed by atoms with van der Waals surface area (Å²) in [5.74, 6) is 1.08. The zero-order chi connectivity index (χ0) is 14.7. The zero-order valence-electron chi connectivity index (χ0n) is 12.8. The molecule has 0 bridgehead atoms. The number of aromatic nitrogens is 2. The maximum atomic E-state index is 12.2. The van der Waals surface area contributed by atoms with Crippen LogP contribution in [0.2, 0.25) is 0 Å². The van der Waals surface area contributed by atoms with Gasteiger partial charge in [0, 0.05) is 52.2 Å². The van der Waals surface area contributed by atoms with E-state index in [1.165, 1.54) is 0 Å². The number of rotatable bonds is 4. The van der Waals surface area contributed by atoms with E-state index in [2.05, 4.69) is 33.9 Å². The lowest BCUT2D eigenvalue weighted by Gasteiger charge is -2.41. The summed E-state index contributed by atoms with van der Waals surface area (Å²) in [6, 6.07) is 0.366. The molecule has 1 atom stereocenters. The molecule has 112 valence electrons. The second-order valence-corrected chi connectivity index (χ2v) is 5.64. The first-order valence-electron chi connectivity index (χ1n) is 7.18. The molecule has 0 unspecified atom stereocenters. The predicted octanol–water partition coefficient (Wildman–Crippen LogP) is 0.0607. The fourth-order valence-electron chi connectivity index (χ4n) is 2.65. The van der Waals surface area contributed by atoms with Gasteiger partial charge in [0.2, 0.25) is 5.91 Å². The highest BCUT2D eigenvalue weighted by Gasteiger charge is 2.33. The van der Waals surface area contributed by atoms with Gasteiger partial charge in [-0.1, -0.05) is 0 Å². The first-order valence-corrected chi connectivity index (χ1v) is 7.18. The molecule has 6 heteroatoms. The summed E-state index contributed by atoms with van der Waals surface area (Å²) in [6.45, 7) is 7.73. The van der Waals surface area contributed by atoms with Gasteiger partial charge in [-0.25, -0.2) is 4.98 Å². The lowest BCUT2D eigenvalue weighted by molar-refractivity contribution is -0.129. The van der Waals surface area contributed by atoms with Crippen molar-refractivity contribution in [1.29, 1.82) is 0 Å². The molecule has 1 fully saturated rings. The van der Waals surface area contributed by atoms with Gasteiger partial charge in [0.05, 0.1) is 6.54 Å². The molecule has 20 heavy (non-hydrogen) atoms. The molecule has 1 saturated heterocycles. The first-order chi connectivity index (χ1) is 9.52. The molecule has 1 aliphatic heterocycles. The lowest BCUT2D eigenvalue weighted by Crippen LogP contribution is -2.59. The highest BCUT2D eigenvalue weighted by Crippen LogP contribution is 2.15. The molecule has 2 heterocycles.